The Kier molecular flexibility index (Phi) is 5.14. The average Bonchev–Trinajstić information content (AvgIpc) is 2.19. The normalized spacial score (nSPS) is 11.3. The molecule has 0 fully saturated rings. The third kappa shape index (κ3) is 3.95. The quantitative estimate of drug-likeness (QED) is 0.549. The van der Waals surface area contributed by atoms with Crippen molar-refractivity contribution in [3.63, 3.8) is 0 Å². The molecule has 1 aromatic rings. The van der Waals surface area contributed by atoms with Gasteiger partial charge in [-0.25, -0.2) is 0 Å². The molecule has 0 N–H and O–H groups in total. The Labute approximate surface area is 85.6 Å². The highest BCUT2D eigenvalue weighted by Crippen LogP contribution is 2.21. The van der Waals surface area contributed by atoms with Crippen molar-refractivity contribution in [3.05, 3.63) is 30.3 Å². The minimum atomic E-state index is -0.804. The van der Waals surface area contributed by atoms with E-state index < -0.39 is 6.92 Å². The standard InChI is InChI=1S/C10H14OPS/c1-2-3-9-11-12(13)10-7-5-4-6-8-10/h4-8H,2-3,9H2,1H3/q+1. The molecule has 1 unspecified atom stereocenters. The van der Waals surface area contributed by atoms with E-state index in [4.69, 9.17) is 16.3 Å². The second-order valence-electron chi connectivity index (χ2n) is 2.78. The van der Waals surface area contributed by atoms with Gasteiger partial charge >= 0.3 is 6.92 Å². The molecule has 0 aliphatic rings. The average molecular weight is 213 g/mol. The van der Waals surface area contributed by atoms with Crippen LogP contribution in [0.2, 0.25) is 0 Å². The molecule has 0 aliphatic carbocycles. The van der Waals surface area contributed by atoms with Crippen LogP contribution in [-0.4, -0.2) is 6.61 Å². The molecule has 70 valence electrons. The fourth-order valence-corrected chi connectivity index (χ4v) is 2.36. The topological polar surface area (TPSA) is 9.23 Å². The number of unbranched alkanes of at least 4 members (excludes halogenated alkanes) is 1. The minimum absolute atomic E-state index is 0.792. The second-order valence-corrected chi connectivity index (χ2v) is 5.06. The number of hydrogen-bond donors (Lipinski definition) is 0. The van der Waals surface area contributed by atoms with E-state index in [1.165, 1.54) is 0 Å². The van der Waals surface area contributed by atoms with Gasteiger partial charge in [-0.1, -0.05) is 31.5 Å². The molecule has 0 radical (unpaired) electrons. The maximum atomic E-state index is 5.55. The van der Waals surface area contributed by atoms with Gasteiger partial charge in [-0.2, -0.15) is 4.52 Å². The largest absolute Gasteiger partial charge is 0.377 e. The molecular weight excluding hydrogens is 199 g/mol. The summed E-state index contributed by atoms with van der Waals surface area (Å²) in [6.45, 7) is 2.14. The Hall–Kier alpha value is -0.300. The third-order valence-electron chi connectivity index (χ3n) is 1.67. The summed E-state index contributed by atoms with van der Waals surface area (Å²) in [5, 5.41) is 1.14. The van der Waals surface area contributed by atoms with E-state index in [0.29, 0.717) is 0 Å². The number of benzene rings is 1. The van der Waals surface area contributed by atoms with Crippen LogP contribution in [0.15, 0.2) is 30.3 Å². The highest BCUT2D eigenvalue weighted by Gasteiger charge is 2.14. The van der Waals surface area contributed by atoms with Gasteiger partial charge in [-0.05, 0) is 18.6 Å². The van der Waals surface area contributed by atoms with E-state index in [-0.39, 0.29) is 0 Å². The molecule has 1 nitrogen and oxygen atoms in total. The Morgan fingerprint density at radius 3 is 2.62 bits per heavy atom. The summed E-state index contributed by atoms with van der Waals surface area (Å²) in [7, 11) is 0. The number of rotatable bonds is 5. The number of hydrogen-bond acceptors (Lipinski definition) is 2. The molecule has 0 heterocycles. The van der Waals surface area contributed by atoms with Gasteiger partial charge in [0, 0.05) is 0 Å². The summed E-state index contributed by atoms with van der Waals surface area (Å²) in [5.41, 5.74) is 0. The molecule has 0 amide bonds. The first kappa shape index (κ1) is 10.8. The predicted octanol–water partition coefficient (Wildman–Crippen LogP) is 2.99. The molecule has 0 bridgehead atoms. The van der Waals surface area contributed by atoms with Crippen LogP contribution >= 0.6 is 6.92 Å². The van der Waals surface area contributed by atoms with Gasteiger partial charge < -0.3 is 0 Å². The molecule has 13 heavy (non-hydrogen) atoms. The van der Waals surface area contributed by atoms with Crippen molar-refractivity contribution in [2.45, 2.75) is 19.8 Å². The Bertz CT molecular complexity index is 261. The van der Waals surface area contributed by atoms with Crippen molar-refractivity contribution in [3.8, 4) is 0 Å². The highest BCUT2D eigenvalue weighted by molar-refractivity contribution is 8.06. The molecular formula is C10H14OPS+. The van der Waals surface area contributed by atoms with Gasteiger partial charge in [0.1, 0.15) is 6.61 Å². The molecule has 0 spiro atoms. The van der Waals surface area contributed by atoms with Crippen LogP contribution < -0.4 is 5.30 Å². The molecule has 0 saturated carbocycles. The maximum absolute atomic E-state index is 5.55. The molecule has 1 aromatic carbocycles. The molecule has 1 atom stereocenters. The summed E-state index contributed by atoms with van der Waals surface area (Å²) in [6, 6.07) is 10.1. The lowest BCUT2D eigenvalue weighted by Crippen LogP contribution is -1.97. The van der Waals surface area contributed by atoms with E-state index >= 15 is 0 Å². The van der Waals surface area contributed by atoms with Crippen molar-refractivity contribution >= 4 is 24.0 Å². The van der Waals surface area contributed by atoms with Crippen LogP contribution in [0, 0.1) is 0 Å². The monoisotopic (exact) mass is 213 g/mol. The van der Waals surface area contributed by atoms with E-state index in [0.717, 1.165) is 24.8 Å². The third-order valence-corrected chi connectivity index (χ3v) is 3.76. The predicted molar refractivity (Wildman–Crippen MR) is 61.2 cm³/mol. The highest BCUT2D eigenvalue weighted by atomic mass is 32.4. The van der Waals surface area contributed by atoms with Gasteiger partial charge in [0.05, 0.1) is 0 Å². The summed E-state index contributed by atoms with van der Waals surface area (Å²) < 4.78 is 5.55. The molecule has 3 heteroatoms. The smallest absolute Gasteiger partial charge is 0.164 e. The molecule has 1 rings (SSSR count). The summed E-state index contributed by atoms with van der Waals surface area (Å²) in [5.74, 6) is 0. The first-order valence-electron chi connectivity index (χ1n) is 4.50. The van der Waals surface area contributed by atoms with E-state index in [1.54, 1.807) is 0 Å². The van der Waals surface area contributed by atoms with Crippen molar-refractivity contribution in [1.29, 1.82) is 0 Å². The van der Waals surface area contributed by atoms with E-state index in [9.17, 15) is 0 Å². The van der Waals surface area contributed by atoms with E-state index in [2.05, 4.69) is 6.92 Å². The Morgan fingerprint density at radius 1 is 1.31 bits per heavy atom. The van der Waals surface area contributed by atoms with Crippen LogP contribution in [0.5, 0.6) is 0 Å². The lowest BCUT2D eigenvalue weighted by molar-refractivity contribution is 0.354. The zero-order valence-electron chi connectivity index (χ0n) is 7.77. The van der Waals surface area contributed by atoms with Crippen LogP contribution in [0.25, 0.3) is 0 Å². The van der Waals surface area contributed by atoms with E-state index in [1.807, 2.05) is 30.3 Å². The van der Waals surface area contributed by atoms with Gasteiger partial charge in [0.15, 0.2) is 5.30 Å². The zero-order valence-corrected chi connectivity index (χ0v) is 9.48. The summed E-state index contributed by atoms with van der Waals surface area (Å²) >= 11 is 5.26. The van der Waals surface area contributed by atoms with Crippen LogP contribution in [0.4, 0.5) is 0 Å². The molecule has 0 aliphatic heterocycles. The lowest BCUT2D eigenvalue weighted by Gasteiger charge is -1.91. The first-order chi connectivity index (χ1) is 6.34. The lowest BCUT2D eigenvalue weighted by atomic mass is 10.4. The van der Waals surface area contributed by atoms with Crippen LogP contribution in [0.1, 0.15) is 19.8 Å². The van der Waals surface area contributed by atoms with Crippen molar-refractivity contribution in [2.24, 2.45) is 0 Å². The van der Waals surface area contributed by atoms with Gasteiger partial charge in [0.2, 0.25) is 11.8 Å². The molecule has 0 aromatic heterocycles. The summed E-state index contributed by atoms with van der Waals surface area (Å²) in [4.78, 5) is 0. The Morgan fingerprint density at radius 2 is 2.00 bits per heavy atom. The van der Waals surface area contributed by atoms with Crippen molar-refractivity contribution in [1.82, 2.24) is 0 Å². The van der Waals surface area contributed by atoms with Crippen molar-refractivity contribution < 1.29 is 4.52 Å². The Balaban J connectivity index is 2.40. The van der Waals surface area contributed by atoms with Gasteiger partial charge in [-0.3, -0.25) is 0 Å². The summed E-state index contributed by atoms with van der Waals surface area (Å²) in [6.07, 6.45) is 2.26. The fraction of sp³-hybridized carbons (Fsp3) is 0.400. The van der Waals surface area contributed by atoms with Gasteiger partial charge in [-0.15, -0.1) is 0 Å². The zero-order chi connectivity index (χ0) is 9.52. The second kappa shape index (κ2) is 6.20. The first-order valence-corrected chi connectivity index (χ1v) is 6.77. The van der Waals surface area contributed by atoms with Crippen LogP contribution in [0.3, 0.4) is 0 Å². The SMILES string of the molecule is CCCCO[P+](=S)c1ccccc1. The van der Waals surface area contributed by atoms with Gasteiger partial charge in [0.25, 0.3) is 0 Å². The maximum Gasteiger partial charge on any atom is 0.377 e. The fourth-order valence-electron chi connectivity index (χ4n) is 0.916. The van der Waals surface area contributed by atoms with Crippen LogP contribution in [-0.2, 0) is 16.3 Å². The molecule has 0 saturated heterocycles. The minimum Gasteiger partial charge on any atom is -0.164 e. The van der Waals surface area contributed by atoms with Crippen molar-refractivity contribution in [2.75, 3.05) is 6.61 Å².